The molecule has 11 heteroatoms. The normalized spacial score (nSPS) is 19.7. The van der Waals surface area contributed by atoms with Crippen molar-refractivity contribution >= 4 is 38.6 Å². The Morgan fingerprint density at radius 3 is 2.84 bits per heavy atom. The molecule has 1 aliphatic rings. The van der Waals surface area contributed by atoms with E-state index in [0.29, 0.717) is 5.56 Å². The molecule has 0 saturated carbocycles. The van der Waals surface area contributed by atoms with Crippen LogP contribution >= 0.6 is 11.6 Å². The summed E-state index contributed by atoms with van der Waals surface area (Å²) in [7, 11) is -3.78. The molecule has 1 heterocycles. The summed E-state index contributed by atoms with van der Waals surface area (Å²) >= 11 is 3.30. The first-order valence-electron chi connectivity index (χ1n) is 4.99. The Bertz CT molecular complexity index is 636. The van der Waals surface area contributed by atoms with Gasteiger partial charge >= 0.3 is 0 Å². The third kappa shape index (κ3) is 3.05. The predicted molar refractivity (Wildman–Crippen MR) is 68.9 cm³/mol. The fraction of sp³-hybridized carbons (Fsp3) is 0.250. The molecular weight excluding hydrogens is 316 g/mol. The van der Waals surface area contributed by atoms with Crippen molar-refractivity contribution in [3.63, 3.8) is 0 Å². The fourth-order valence-corrected chi connectivity index (χ4v) is 3.65. The van der Waals surface area contributed by atoms with Gasteiger partial charge in [0.05, 0.1) is 22.3 Å². The van der Waals surface area contributed by atoms with Gasteiger partial charge in [-0.2, -0.15) is 0 Å². The van der Waals surface area contributed by atoms with Crippen molar-refractivity contribution in [2.45, 2.75) is 11.4 Å². The third-order valence-corrected chi connectivity index (χ3v) is 4.62. The highest BCUT2D eigenvalue weighted by molar-refractivity contribution is 7.89. The number of anilines is 1. The van der Waals surface area contributed by atoms with Gasteiger partial charge in [0.15, 0.2) is 0 Å². The summed E-state index contributed by atoms with van der Waals surface area (Å²) in [5, 5.41) is 1.41. The smallest absolute Gasteiger partial charge is 0.253 e. The minimum atomic E-state index is -3.78. The van der Waals surface area contributed by atoms with Crippen LogP contribution in [-0.2, 0) is 27.8 Å². The van der Waals surface area contributed by atoms with E-state index < -0.39 is 21.3 Å². The zero-order valence-corrected chi connectivity index (χ0v) is 11.8. The molecule has 0 aliphatic carbocycles. The molecule has 1 unspecified atom stereocenters. The number of nitrogens with two attached hydrogens (primary N) is 1. The Kier molecular flexibility index (Phi) is 4.11. The van der Waals surface area contributed by atoms with Crippen LogP contribution < -0.4 is 15.3 Å². The molecule has 1 aromatic rings. The number of halogens is 1. The second kappa shape index (κ2) is 5.32. The number of sulfonamides is 1. The molecule has 0 aromatic heterocycles. The number of rotatable bonds is 3. The van der Waals surface area contributed by atoms with Crippen molar-refractivity contribution in [1.29, 1.82) is 0 Å². The molecule has 106 valence electrons. The summed E-state index contributed by atoms with van der Waals surface area (Å²) in [5.41, 5.74) is 5.83. The van der Waals surface area contributed by atoms with E-state index in [2.05, 4.69) is 4.83 Å². The Morgan fingerprint density at radius 2 is 2.26 bits per heavy atom. The molecule has 1 aromatic carbocycles. The molecule has 0 radical (unpaired) electrons. The number of fused-ring (bicyclic) bond motifs is 1. The van der Waals surface area contributed by atoms with Crippen LogP contribution in [-0.4, -0.2) is 28.9 Å². The van der Waals surface area contributed by atoms with E-state index in [1.54, 1.807) is 0 Å². The maximum absolute atomic E-state index is 12.0. The van der Waals surface area contributed by atoms with Gasteiger partial charge in [-0.15, -0.1) is 4.83 Å². The molecule has 0 amide bonds. The van der Waals surface area contributed by atoms with Gasteiger partial charge in [0, 0.05) is 17.8 Å². The summed E-state index contributed by atoms with van der Waals surface area (Å²) in [6.45, 7) is 0.242. The van der Waals surface area contributed by atoms with Crippen LogP contribution in [0.3, 0.4) is 0 Å². The zero-order valence-electron chi connectivity index (χ0n) is 9.42. The van der Waals surface area contributed by atoms with E-state index in [1.165, 1.54) is 17.1 Å². The fourth-order valence-electron chi connectivity index (χ4n) is 1.70. The third-order valence-electron chi connectivity index (χ3n) is 2.46. The summed E-state index contributed by atoms with van der Waals surface area (Å²) in [6.07, 6.45) is 0. The van der Waals surface area contributed by atoms with Crippen LogP contribution in [0, 0.1) is 0 Å². The van der Waals surface area contributed by atoms with Gasteiger partial charge in [-0.3, -0.25) is 4.21 Å². The number of hydrazine groups is 1. The summed E-state index contributed by atoms with van der Waals surface area (Å²) < 4.78 is 47.1. The Labute approximate surface area is 117 Å². The number of hydrogen-bond donors (Lipinski definition) is 3. The summed E-state index contributed by atoms with van der Waals surface area (Å²) in [4.78, 5) is 2.22. The van der Waals surface area contributed by atoms with Crippen molar-refractivity contribution in [1.82, 2.24) is 9.84 Å². The molecule has 4 N–H and O–H groups in total. The van der Waals surface area contributed by atoms with E-state index in [0.717, 1.165) is 0 Å². The van der Waals surface area contributed by atoms with Crippen molar-refractivity contribution in [3.8, 4) is 0 Å². The van der Waals surface area contributed by atoms with E-state index in [9.17, 15) is 17.2 Å². The molecule has 2 rings (SSSR count). The minimum Gasteiger partial charge on any atom is -0.755 e. The second-order valence-corrected chi connectivity index (χ2v) is 6.46. The average molecular weight is 326 g/mol. The number of nitrogens with one attached hydrogen (secondary N) is 2. The first-order valence-corrected chi connectivity index (χ1v) is 7.93. The van der Waals surface area contributed by atoms with Crippen LogP contribution in [0.25, 0.3) is 0 Å². The van der Waals surface area contributed by atoms with Crippen molar-refractivity contribution in [2.75, 3.05) is 11.4 Å². The van der Waals surface area contributed by atoms with Gasteiger partial charge in [0.2, 0.25) is 0 Å². The largest absolute Gasteiger partial charge is 0.755 e. The van der Waals surface area contributed by atoms with Gasteiger partial charge in [-0.05, 0) is 17.7 Å². The van der Waals surface area contributed by atoms with E-state index in [-0.39, 0.29) is 28.8 Å². The summed E-state index contributed by atoms with van der Waals surface area (Å²) in [6, 6.07) is 2.57. The maximum Gasteiger partial charge on any atom is 0.253 e. The van der Waals surface area contributed by atoms with Crippen molar-refractivity contribution in [3.05, 3.63) is 22.7 Å². The first kappa shape index (κ1) is 14.7. The highest BCUT2D eigenvalue weighted by Crippen LogP contribution is 2.31. The number of benzene rings is 1. The van der Waals surface area contributed by atoms with Gasteiger partial charge in [0.25, 0.3) is 10.0 Å². The minimum absolute atomic E-state index is 0.000300. The lowest BCUT2D eigenvalue weighted by molar-refractivity contribution is 0.228. The van der Waals surface area contributed by atoms with Crippen LogP contribution in [0.5, 0.6) is 0 Å². The van der Waals surface area contributed by atoms with Gasteiger partial charge < -0.3 is 15.0 Å². The van der Waals surface area contributed by atoms with Gasteiger partial charge in [0.1, 0.15) is 0 Å². The second-order valence-electron chi connectivity index (χ2n) is 3.75. The molecule has 0 spiro atoms. The molecule has 0 bridgehead atoms. The van der Waals surface area contributed by atoms with Crippen molar-refractivity contribution in [2.24, 2.45) is 5.73 Å². The standard InChI is InChI=1S/C8H11ClN4O4S2/c9-6-1-5-3-13(4-10)12-19(16,17)8(5)2-7(6)11-18(14)15/h1-2,11-12H,3-4,10H2,(H,14,15)/p-1. The Balaban J connectivity index is 2.53. The molecule has 8 nitrogen and oxygen atoms in total. The molecule has 1 aliphatic heterocycles. The summed E-state index contributed by atoms with van der Waals surface area (Å²) in [5.74, 6) is 0. The zero-order chi connectivity index (χ0) is 14.2. The average Bonchev–Trinajstić information content (AvgIpc) is 2.29. The first-order chi connectivity index (χ1) is 8.83. The van der Waals surface area contributed by atoms with E-state index in [4.69, 9.17) is 17.3 Å². The SMILES string of the molecule is NCN1Cc2cc(Cl)c(NS(=O)[O-])cc2S(=O)(=O)N1. The Morgan fingerprint density at radius 1 is 1.58 bits per heavy atom. The molecule has 0 fully saturated rings. The lowest BCUT2D eigenvalue weighted by Gasteiger charge is -2.28. The topological polar surface area (TPSA) is 128 Å². The van der Waals surface area contributed by atoms with E-state index >= 15 is 0 Å². The van der Waals surface area contributed by atoms with E-state index in [1.807, 2.05) is 4.72 Å². The van der Waals surface area contributed by atoms with Gasteiger partial charge in [-0.25, -0.2) is 13.4 Å². The number of hydrogen-bond acceptors (Lipinski definition) is 6. The molecule has 19 heavy (non-hydrogen) atoms. The Hall–Kier alpha value is -0.750. The molecule has 0 saturated heterocycles. The lowest BCUT2D eigenvalue weighted by atomic mass is 10.2. The molecular formula is C8H10ClN4O4S2-. The highest BCUT2D eigenvalue weighted by atomic mass is 35.5. The van der Waals surface area contributed by atoms with Gasteiger partial charge in [-0.1, -0.05) is 11.6 Å². The maximum atomic E-state index is 12.0. The van der Waals surface area contributed by atoms with Crippen LogP contribution in [0.15, 0.2) is 17.0 Å². The highest BCUT2D eigenvalue weighted by Gasteiger charge is 2.28. The van der Waals surface area contributed by atoms with Crippen molar-refractivity contribution < 1.29 is 17.2 Å². The number of nitrogens with zero attached hydrogens (tertiary/aromatic N) is 1. The molecule has 1 atom stereocenters. The van der Waals surface area contributed by atoms with Crippen LogP contribution in [0.4, 0.5) is 5.69 Å². The lowest BCUT2D eigenvalue weighted by Crippen LogP contribution is -2.48. The van der Waals surface area contributed by atoms with Crippen LogP contribution in [0.1, 0.15) is 5.56 Å². The van der Waals surface area contributed by atoms with Crippen LogP contribution in [0.2, 0.25) is 5.02 Å². The monoisotopic (exact) mass is 325 g/mol. The quantitative estimate of drug-likeness (QED) is 0.641. The predicted octanol–water partition coefficient (Wildman–Crippen LogP) is -0.529.